The second-order valence-corrected chi connectivity index (χ2v) is 6.37. The lowest BCUT2D eigenvalue weighted by Crippen LogP contribution is -2.44. The van der Waals surface area contributed by atoms with Crippen molar-refractivity contribution in [3.63, 3.8) is 0 Å². The lowest BCUT2D eigenvalue weighted by atomic mass is 10.0. The number of aliphatic carboxylic acids is 1. The third kappa shape index (κ3) is 5.64. The van der Waals surface area contributed by atoms with Crippen LogP contribution in [0.3, 0.4) is 0 Å². The van der Waals surface area contributed by atoms with Gasteiger partial charge in [-0.2, -0.15) is 0 Å². The van der Waals surface area contributed by atoms with E-state index in [2.05, 4.69) is 10.6 Å². The highest BCUT2D eigenvalue weighted by Gasteiger charge is 2.24. The second-order valence-electron chi connectivity index (χ2n) is 6.37. The summed E-state index contributed by atoms with van der Waals surface area (Å²) >= 11 is 0. The zero-order valence-corrected chi connectivity index (χ0v) is 14.2. The van der Waals surface area contributed by atoms with Gasteiger partial charge in [-0.15, -0.1) is 0 Å². The van der Waals surface area contributed by atoms with Crippen LogP contribution in [0.1, 0.15) is 44.5 Å². The fourth-order valence-corrected chi connectivity index (χ4v) is 2.07. The van der Waals surface area contributed by atoms with Gasteiger partial charge in [0, 0.05) is 12.0 Å². The quantitative estimate of drug-likeness (QED) is 0.712. The van der Waals surface area contributed by atoms with Gasteiger partial charge >= 0.3 is 5.97 Å². The lowest BCUT2D eigenvalue weighted by Gasteiger charge is -2.18. The molecule has 2 amide bonds. The SMILES string of the molecule is CC(C)CC(=O)Nc1ccc(C(=O)N[C@@H](C(=O)O)C(C)C)cc1F. The van der Waals surface area contributed by atoms with Crippen LogP contribution in [-0.4, -0.2) is 28.9 Å². The molecule has 132 valence electrons. The Hall–Kier alpha value is -2.44. The van der Waals surface area contributed by atoms with E-state index in [0.29, 0.717) is 0 Å². The average Bonchev–Trinajstić information content (AvgIpc) is 2.44. The Morgan fingerprint density at radius 2 is 1.79 bits per heavy atom. The van der Waals surface area contributed by atoms with Crippen LogP contribution < -0.4 is 10.6 Å². The molecule has 0 bridgehead atoms. The van der Waals surface area contributed by atoms with Crippen molar-refractivity contribution in [2.24, 2.45) is 11.8 Å². The monoisotopic (exact) mass is 338 g/mol. The van der Waals surface area contributed by atoms with E-state index in [1.165, 1.54) is 12.1 Å². The fourth-order valence-electron chi connectivity index (χ4n) is 2.07. The topological polar surface area (TPSA) is 95.5 Å². The van der Waals surface area contributed by atoms with Crippen LogP contribution >= 0.6 is 0 Å². The summed E-state index contributed by atoms with van der Waals surface area (Å²) in [6, 6.07) is 2.53. The number of carboxylic acids is 1. The number of carboxylic acid groups (broad SMARTS) is 1. The van der Waals surface area contributed by atoms with Crippen molar-refractivity contribution in [3.05, 3.63) is 29.6 Å². The van der Waals surface area contributed by atoms with Gasteiger partial charge < -0.3 is 15.7 Å². The van der Waals surface area contributed by atoms with Gasteiger partial charge in [0.2, 0.25) is 5.91 Å². The number of rotatable bonds is 7. The zero-order chi connectivity index (χ0) is 18.4. The smallest absolute Gasteiger partial charge is 0.326 e. The fraction of sp³-hybridized carbons (Fsp3) is 0.471. The van der Waals surface area contributed by atoms with E-state index < -0.39 is 23.7 Å². The molecule has 0 aliphatic carbocycles. The molecule has 0 radical (unpaired) electrons. The number of hydrogen-bond acceptors (Lipinski definition) is 3. The second kappa shape index (κ2) is 8.42. The maximum atomic E-state index is 14.1. The van der Waals surface area contributed by atoms with Crippen molar-refractivity contribution in [3.8, 4) is 0 Å². The molecule has 24 heavy (non-hydrogen) atoms. The van der Waals surface area contributed by atoms with E-state index in [0.717, 1.165) is 6.07 Å². The maximum absolute atomic E-state index is 14.1. The Morgan fingerprint density at radius 1 is 1.17 bits per heavy atom. The van der Waals surface area contributed by atoms with Crippen LogP contribution in [0.2, 0.25) is 0 Å². The lowest BCUT2D eigenvalue weighted by molar-refractivity contribution is -0.140. The summed E-state index contributed by atoms with van der Waals surface area (Å²) in [5, 5.41) is 13.9. The molecule has 0 saturated heterocycles. The molecule has 0 fully saturated rings. The van der Waals surface area contributed by atoms with Gasteiger partial charge in [0.25, 0.3) is 5.91 Å². The van der Waals surface area contributed by atoms with Gasteiger partial charge in [0.15, 0.2) is 0 Å². The van der Waals surface area contributed by atoms with Crippen LogP contribution in [0, 0.1) is 17.7 Å². The number of halogens is 1. The first-order valence-electron chi connectivity index (χ1n) is 7.74. The summed E-state index contributed by atoms with van der Waals surface area (Å²) in [5.41, 5.74) is -0.0305. The van der Waals surface area contributed by atoms with E-state index in [-0.39, 0.29) is 35.4 Å². The van der Waals surface area contributed by atoms with Crippen LogP contribution in [0.5, 0.6) is 0 Å². The van der Waals surface area contributed by atoms with Crippen molar-refractivity contribution >= 4 is 23.5 Å². The molecule has 0 saturated carbocycles. The predicted octanol–water partition coefficient (Wildman–Crippen LogP) is 2.65. The minimum absolute atomic E-state index is 0.0127. The highest BCUT2D eigenvalue weighted by atomic mass is 19.1. The highest BCUT2D eigenvalue weighted by molar-refractivity contribution is 5.97. The number of carbonyl (C=O) groups excluding carboxylic acids is 2. The Morgan fingerprint density at radius 3 is 2.25 bits per heavy atom. The van der Waals surface area contributed by atoms with Gasteiger partial charge in [-0.3, -0.25) is 9.59 Å². The molecule has 1 aromatic rings. The molecule has 0 aromatic heterocycles. The first-order valence-corrected chi connectivity index (χ1v) is 7.74. The third-order valence-corrected chi connectivity index (χ3v) is 3.32. The van der Waals surface area contributed by atoms with Crippen molar-refractivity contribution in [2.45, 2.75) is 40.2 Å². The highest BCUT2D eigenvalue weighted by Crippen LogP contribution is 2.17. The maximum Gasteiger partial charge on any atom is 0.326 e. The molecule has 6 nitrogen and oxygen atoms in total. The first-order chi connectivity index (χ1) is 11.1. The number of carbonyl (C=O) groups is 3. The molecule has 0 aliphatic rings. The first kappa shape index (κ1) is 19.6. The summed E-state index contributed by atoms with van der Waals surface area (Å²) in [4.78, 5) is 34.8. The summed E-state index contributed by atoms with van der Waals surface area (Å²) in [6.07, 6.45) is 0.260. The molecule has 0 spiro atoms. The Bertz CT molecular complexity index is 629. The Balaban J connectivity index is 2.85. The standard InChI is InChI=1S/C17H23FN2O4/c1-9(2)7-14(21)19-13-6-5-11(8-12(13)18)16(22)20-15(10(3)4)17(23)24/h5-6,8-10,15H,7H2,1-4H3,(H,19,21)(H,20,22)(H,23,24)/t15-/m1/s1. The molecule has 0 aliphatic heterocycles. The van der Waals surface area contributed by atoms with Crippen LogP contribution in [0.4, 0.5) is 10.1 Å². The number of amides is 2. The van der Waals surface area contributed by atoms with E-state index in [4.69, 9.17) is 5.11 Å². The van der Waals surface area contributed by atoms with E-state index in [1.54, 1.807) is 13.8 Å². The number of anilines is 1. The van der Waals surface area contributed by atoms with Gasteiger partial charge in [0.05, 0.1) is 5.69 Å². The summed E-state index contributed by atoms with van der Waals surface area (Å²) in [6.45, 7) is 7.06. The minimum atomic E-state index is -1.16. The van der Waals surface area contributed by atoms with Gasteiger partial charge in [-0.05, 0) is 30.0 Å². The average molecular weight is 338 g/mol. The predicted molar refractivity (Wildman–Crippen MR) is 88.2 cm³/mol. The van der Waals surface area contributed by atoms with Crippen molar-refractivity contribution < 1.29 is 23.9 Å². The molecule has 1 rings (SSSR count). The largest absolute Gasteiger partial charge is 0.480 e. The molecule has 1 atom stereocenters. The van der Waals surface area contributed by atoms with Crippen molar-refractivity contribution in [1.82, 2.24) is 5.32 Å². The zero-order valence-electron chi connectivity index (χ0n) is 14.2. The third-order valence-electron chi connectivity index (χ3n) is 3.32. The van der Waals surface area contributed by atoms with Crippen LogP contribution in [0.25, 0.3) is 0 Å². The minimum Gasteiger partial charge on any atom is -0.480 e. The van der Waals surface area contributed by atoms with Gasteiger partial charge in [-0.1, -0.05) is 27.7 Å². The molecular weight excluding hydrogens is 315 g/mol. The molecule has 7 heteroatoms. The van der Waals surface area contributed by atoms with Gasteiger partial charge in [0.1, 0.15) is 11.9 Å². The number of nitrogens with one attached hydrogen (secondary N) is 2. The van der Waals surface area contributed by atoms with E-state index in [9.17, 15) is 18.8 Å². The summed E-state index contributed by atoms with van der Waals surface area (Å²) in [7, 11) is 0. The van der Waals surface area contributed by atoms with Crippen molar-refractivity contribution in [2.75, 3.05) is 5.32 Å². The molecule has 1 aromatic carbocycles. The Labute approximate surface area is 140 Å². The molecular formula is C17H23FN2O4. The van der Waals surface area contributed by atoms with Crippen LogP contribution in [0.15, 0.2) is 18.2 Å². The molecule has 0 heterocycles. The Kier molecular flexibility index (Phi) is 6.88. The van der Waals surface area contributed by atoms with E-state index in [1.807, 2.05) is 13.8 Å². The molecule has 0 unspecified atom stereocenters. The normalized spacial score (nSPS) is 12.1. The van der Waals surface area contributed by atoms with Crippen molar-refractivity contribution in [1.29, 1.82) is 0 Å². The summed E-state index contributed by atoms with van der Waals surface area (Å²) < 4.78 is 14.1. The number of hydrogen-bond donors (Lipinski definition) is 3. The van der Waals surface area contributed by atoms with Crippen LogP contribution in [-0.2, 0) is 9.59 Å². The summed E-state index contributed by atoms with van der Waals surface area (Å²) in [5.74, 6) is -3.08. The van der Waals surface area contributed by atoms with E-state index >= 15 is 0 Å². The number of benzene rings is 1. The molecule has 3 N–H and O–H groups in total. The van der Waals surface area contributed by atoms with Gasteiger partial charge in [-0.25, -0.2) is 9.18 Å².